The molecule has 0 amide bonds. The fourth-order valence-electron chi connectivity index (χ4n) is 4.06. The van der Waals surface area contributed by atoms with Crippen LogP contribution in [0, 0.1) is 5.92 Å². The number of anilines is 1. The predicted molar refractivity (Wildman–Crippen MR) is 140 cm³/mol. The number of rotatable bonds is 6. The molecule has 2 aromatic heterocycles. The number of para-hydroxylation sites is 1. The van der Waals surface area contributed by atoms with Crippen molar-refractivity contribution in [1.82, 2.24) is 9.66 Å². The van der Waals surface area contributed by atoms with Crippen molar-refractivity contribution in [2.75, 3.05) is 17.3 Å². The third kappa shape index (κ3) is 4.06. The molecule has 0 aliphatic carbocycles. The molecule has 4 aromatic rings. The van der Waals surface area contributed by atoms with E-state index in [0.717, 1.165) is 0 Å². The van der Waals surface area contributed by atoms with Gasteiger partial charge in [-0.3, -0.25) is 18.7 Å². The largest absolute Gasteiger partial charge is 0.506 e. The summed E-state index contributed by atoms with van der Waals surface area (Å²) in [7, 11) is -3.95. The summed E-state index contributed by atoms with van der Waals surface area (Å²) in [5, 5.41) is 23.7. The van der Waals surface area contributed by atoms with Gasteiger partial charge in [-0.05, 0) is 37.1 Å². The summed E-state index contributed by atoms with van der Waals surface area (Å²) >= 11 is 0. The van der Waals surface area contributed by atoms with Crippen LogP contribution in [-0.2, 0) is 4.79 Å². The second-order valence-electron chi connectivity index (χ2n) is 9.12. The maximum Gasteiger partial charge on any atom is 0.315 e. The van der Waals surface area contributed by atoms with Gasteiger partial charge in [-0.15, -0.1) is 4.40 Å². The Morgan fingerprint density at radius 2 is 1.92 bits per heavy atom. The Morgan fingerprint density at radius 3 is 2.62 bits per heavy atom. The number of nitrogens with zero attached hydrogens (tertiary/aromatic N) is 3. The van der Waals surface area contributed by atoms with Crippen molar-refractivity contribution in [2.45, 2.75) is 31.6 Å². The SMILES string of the molecule is CC(C)CNn1c(=O)c(C2=NS(O)(O)c3c(ccc4oc(C(C)C(=O)O)nc34)N2)c(O)c2ccccc21. The van der Waals surface area contributed by atoms with Crippen LogP contribution >= 0.6 is 10.8 Å². The second kappa shape index (κ2) is 8.80. The molecule has 194 valence electrons. The molecule has 1 aliphatic rings. The molecule has 0 bridgehead atoms. The van der Waals surface area contributed by atoms with Crippen LogP contribution in [0.3, 0.4) is 0 Å². The molecule has 1 atom stereocenters. The molecule has 0 spiro atoms. The lowest BCUT2D eigenvalue weighted by Gasteiger charge is -2.34. The number of oxazole rings is 1. The lowest BCUT2D eigenvalue weighted by molar-refractivity contribution is -0.138. The van der Waals surface area contributed by atoms with Gasteiger partial charge >= 0.3 is 5.97 Å². The average molecular weight is 528 g/mol. The Bertz CT molecular complexity index is 1660. The summed E-state index contributed by atoms with van der Waals surface area (Å²) in [5.41, 5.74) is 2.99. The van der Waals surface area contributed by atoms with Crippen LogP contribution < -0.4 is 16.3 Å². The lowest BCUT2D eigenvalue weighted by Crippen LogP contribution is -2.37. The molecule has 1 aliphatic heterocycles. The van der Waals surface area contributed by atoms with Crippen molar-refractivity contribution < 1.29 is 28.5 Å². The van der Waals surface area contributed by atoms with E-state index in [1.807, 2.05) is 13.8 Å². The zero-order valence-corrected chi connectivity index (χ0v) is 20.9. The molecule has 13 heteroatoms. The fourth-order valence-corrected chi connectivity index (χ4v) is 5.36. The number of aromatic nitrogens is 2. The third-order valence-electron chi connectivity index (χ3n) is 5.97. The van der Waals surface area contributed by atoms with E-state index in [4.69, 9.17) is 4.42 Å². The monoisotopic (exact) mass is 527 g/mol. The number of nitrogens with one attached hydrogen (secondary N) is 2. The lowest BCUT2D eigenvalue weighted by atomic mass is 10.1. The van der Waals surface area contributed by atoms with E-state index >= 15 is 0 Å². The van der Waals surface area contributed by atoms with E-state index in [1.165, 1.54) is 23.7 Å². The van der Waals surface area contributed by atoms with E-state index in [1.54, 1.807) is 24.3 Å². The number of aliphatic carboxylic acids is 1. The van der Waals surface area contributed by atoms with E-state index in [0.29, 0.717) is 17.4 Å². The first-order chi connectivity index (χ1) is 17.5. The number of hydrogen-bond acceptors (Lipinski definition) is 10. The summed E-state index contributed by atoms with van der Waals surface area (Å²) in [5.74, 6) is -2.71. The van der Waals surface area contributed by atoms with Gasteiger partial charge in [-0.2, -0.15) is 0 Å². The molecule has 0 radical (unpaired) electrons. The minimum Gasteiger partial charge on any atom is -0.506 e. The van der Waals surface area contributed by atoms with Gasteiger partial charge in [0.15, 0.2) is 11.4 Å². The molecular weight excluding hydrogens is 502 g/mol. The van der Waals surface area contributed by atoms with Crippen LogP contribution in [0.25, 0.3) is 22.0 Å². The first kappa shape index (κ1) is 24.6. The van der Waals surface area contributed by atoms with Crippen molar-refractivity contribution in [3.8, 4) is 5.75 Å². The highest BCUT2D eigenvalue weighted by Gasteiger charge is 2.34. The Hall–Kier alpha value is -4.07. The van der Waals surface area contributed by atoms with Gasteiger partial charge < -0.3 is 25.4 Å². The van der Waals surface area contributed by atoms with E-state index < -0.39 is 28.2 Å². The minimum absolute atomic E-state index is 0.0367. The smallest absolute Gasteiger partial charge is 0.315 e. The van der Waals surface area contributed by atoms with Crippen LogP contribution in [0.1, 0.15) is 38.1 Å². The normalized spacial score (nSPS) is 16.2. The zero-order valence-electron chi connectivity index (χ0n) is 20.1. The van der Waals surface area contributed by atoms with Crippen molar-refractivity contribution in [3.63, 3.8) is 0 Å². The Kier molecular flexibility index (Phi) is 5.85. The summed E-state index contributed by atoms with van der Waals surface area (Å²) in [6.07, 6.45) is 0. The number of carbonyl (C=O) groups is 1. The first-order valence-corrected chi connectivity index (χ1v) is 12.9. The Balaban J connectivity index is 1.69. The maximum absolute atomic E-state index is 13.6. The molecular formula is C24H25N5O7S. The van der Waals surface area contributed by atoms with Gasteiger partial charge in [0.25, 0.3) is 5.56 Å². The van der Waals surface area contributed by atoms with Gasteiger partial charge in [0.2, 0.25) is 5.89 Å². The van der Waals surface area contributed by atoms with Gasteiger partial charge in [-0.1, -0.05) is 36.8 Å². The summed E-state index contributed by atoms with van der Waals surface area (Å²) in [6, 6.07) is 9.74. The molecule has 1 unspecified atom stereocenters. The van der Waals surface area contributed by atoms with Crippen LogP contribution in [0.5, 0.6) is 5.75 Å². The highest BCUT2D eigenvalue weighted by Crippen LogP contribution is 2.58. The van der Waals surface area contributed by atoms with Crippen LogP contribution in [0.2, 0.25) is 0 Å². The minimum atomic E-state index is -3.95. The third-order valence-corrected chi connectivity index (χ3v) is 7.36. The number of aromatic hydroxyl groups is 1. The van der Waals surface area contributed by atoms with E-state index in [9.17, 15) is 28.9 Å². The molecule has 0 saturated heterocycles. The maximum atomic E-state index is 13.6. The molecule has 2 aromatic carbocycles. The average Bonchev–Trinajstić information content (AvgIpc) is 3.26. The number of amidine groups is 1. The van der Waals surface area contributed by atoms with Gasteiger partial charge in [0.1, 0.15) is 27.6 Å². The molecule has 3 heterocycles. The van der Waals surface area contributed by atoms with Crippen LogP contribution in [0.4, 0.5) is 5.69 Å². The van der Waals surface area contributed by atoms with Crippen molar-refractivity contribution in [3.05, 3.63) is 58.2 Å². The zero-order chi connectivity index (χ0) is 26.6. The number of hydrogen-bond donors (Lipinski definition) is 6. The summed E-state index contributed by atoms with van der Waals surface area (Å²) < 4.78 is 33.0. The van der Waals surface area contributed by atoms with Gasteiger partial charge in [0, 0.05) is 11.9 Å². The highest BCUT2D eigenvalue weighted by molar-refractivity contribution is 8.23. The number of carboxylic acids is 1. The number of carboxylic acid groups (broad SMARTS) is 1. The van der Waals surface area contributed by atoms with Crippen molar-refractivity contribution >= 4 is 50.3 Å². The van der Waals surface area contributed by atoms with Crippen LogP contribution in [-0.4, -0.2) is 47.3 Å². The first-order valence-electron chi connectivity index (χ1n) is 11.4. The topological polar surface area (TPSA) is 182 Å². The number of benzene rings is 2. The van der Waals surface area contributed by atoms with Crippen molar-refractivity contribution in [2.24, 2.45) is 10.3 Å². The standard InChI is InChI=1S/C24H25N5O7S/c1-11(2)10-25-29-15-7-5-4-6-13(15)19(30)17(23(29)31)21-26-14-8-9-16-18(20(14)37(34,35)28-21)27-22(36-16)12(3)24(32)33/h4-9,11-12,25,30,34-35H,10H2,1-3H3,(H,26,28)(H,32,33). The number of pyridine rings is 1. The fraction of sp³-hybridized carbons (Fsp3) is 0.250. The van der Waals surface area contributed by atoms with Gasteiger partial charge in [-0.25, -0.2) is 9.66 Å². The predicted octanol–water partition coefficient (Wildman–Crippen LogP) is 4.13. The summed E-state index contributed by atoms with van der Waals surface area (Å²) in [6.45, 7) is 5.82. The van der Waals surface area contributed by atoms with Crippen molar-refractivity contribution in [1.29, 1.82) is 0 Å². The Labute approximate surface area is 211 Å². The quantitative estimate of drug-likeness (QED) is 0.213. The van der Waals surface area contributed by atoms with E-state index in [2.05, 4.69) is 20.1 Å². The highest BCUT2D eigenvalue weighted by atomic mass is 32.3. The summed E-state index contributed by atoms with van der Waals surface area (Å²) in [4.78, 5) is 29.0. The van der Waals surface area contributed by atoms with E-state index in [-0.39, 0.29) is 50.6 Å². The number of fused-ring (bicyclic) bond motifs is 4. The molecule has 5 rings (SSSR count). The molecule has 37 heavy (non-hydrogen) atoms. The molecule has 0 saturated carbocycles. The molecule has 0 fully saturated rings. The second-order valence-corrected chi connectivity index (χ2v) is 10.8. The molecule has 12 nitrogen and oxygen atoms in total. The van der Waals surface area contributed by atoms with Crippen LogP contribution in [0.15, 0.2) is 54.9 Å². The molecule has 6 N–H and O–H groups in total. The van der Waals surface area contributed by atoms with Gasteiger partial charge in [0.05, 0.1) is 11.2 Å². The Morgan fingerprint density at radius 1 is 1.19 bits per heavy atom.